The highest BCUT2D eigenvalue weighted by molar-refractivity contribution is 5.25. The normalized spacial score (nSPS) is 11.1. The van der Waals surface area contributed by atoms with Crippen molar-refractivity contribution in [3.05, 3.63) is 59.9 Å². The Morgan fingerprint density at radius 3 is 2.70 bits per heavy atom. The van der Waals surface area contributed by atoms with Gasteiger partial charge in [0.1, 0.15) is 5.82 Å². The second-order valence-corrected chi connectivity index (χ2v) is 5.90. The van der Waals surface area contributed by atoms with Crippen molar-refractivity contribution >= 4 is 6.01 Å². The number of rotatable bonds is 6. The molecule has 6 nitrogen and oxygen atoms in total. The van der Waals surface area contributed by atoms with Crippen LogP contribution in [0.4, 0.5) is 6.01 Å². The molecule has 0 aliphatic heterocycles. The van der Waals surface area contributed by atoms with Crippen LogP contribution in [0.5, 0.6) is 0 Å². The Hall–Kier alpha value is -2.63. The van der Waals surface area contributed by atoms with Crippen molar-refractivity contribution < 1.29 is 4.52 Å². The first-order valence-electron chi connectivity index (χ1n) is 7.72. The number of aromatic nitrogens is 4. The van der Waals surface area contributed by atoms with Crippen LogP contribution in [-0.4, -0.2) is 26.7 Å². The molecule has 0 saturated carbocycles. The summed E-state index contributed by atoms with van der Waals surface area (Å²) in [5, 5.41) is 4.00. The van der Waals surface area contributed by atoms with Gasteiger partial charge in [0, 0.05) is 31.9 Å². The van der Waals surface area contributed by atoms with Crippen LogP contribution in [0.3, 0.4) is 0 Å². The van der Waals surface area contributed by atoms with Gasteiger partial charge in [-0.25, -0.2) is 4.98 Å². The molecule has 2 heterocycles. The van der Waals surface area contributed by atoms with Crippen LogP contribution in [0.15, 0.2) is 47.2 Å². The summed E-state index contributed by atoms with van der Waals surface area (Å²) in [4.78, 5) is 10.8. The minimum atomic E-state index is 0.251. The predicted molar refractivity (Wildman–Crippen MR) is 88.3 cm³/mol. The van der Waals surface area contributed by atoms with E-state index in [-0.39, 0.29) is 5.92 Å². The molecule has 0 fully saturated rings. The molecular weight excluding hydrogens is 290 g/mol. The van der Waals surface area contributed by atoms with Gasteiger partial charge >= 0.3 is 6.01 Å². The van der Waals surface area contributed by atoms with Crippen molar-refractivity contribution in [3.8, 4) is 0 Å². The number of hydrogen-bond acceptors (Lipinski definition) is 5. The highest BCUT2D eigenvalue weighted by Crippen LogP contribution is 2.17. The quantitative estimate of drug-likeness (QED) is 0.700. The Morgan fingerprint density at radius 1 is 1.22 bits per heavy atom. The Morgan fingerprint density at radius 2 is 2.00 bits per heavy atom. The molecule has 0 aliphatic carbocycles. The lowest BCUT2D eigenvalue weighted by molar-refractivity contribution is 0.406. The van der Waals surface area contributed by atoms with Crippen LogP contribution in [0.25, 0.3) is 0 Å². The molecule has 0 amide bonds. The van der Waals surface area contributed by atoms with Gasteiger partial charge in [-0.1, -0.05) is 49.3 Å². The number of hydrogen-bond donors (Lipinski definition) is 0. The molecule has 0 bridgehead atoms. The molecule has 0 spiro atoms. The van der Waals surface area contributed by atoms with E-state index in [0.29, 0.717) is 12.6 Å². The largest absolute Gasteiger partial charge is 0.329 e. The van der Waals surface area contributed by atoms with E-state index in [2.05, 4.69) is 31.8 Å². The molecule has 0 N–H and O–H groups in total. The molecule has 3 rings (SSSR count). The van der Waals surface area contributed by atoms with E-state index in [4.69, 9.17) is 4.52 Å². The summed E-state index contributed by atoms with van der Waals surface area (Å²) in [6.45, 7) is 5.49. The SMILES string of the molecule is CC(C)c1noc(N(C)Cc2nccn2Cc2ccccc2)n1. The maximum absolute atomic E-state index is 5.32. The van der Waals surface area contributed by atoms with Gasteiger partial charge in [-0.05, 0) is 5.56 Å². The Balaban J connectivity index is 1.71. The minimum absolute atomic E-state index is 0.251. The van der Waals surface area contributed by atoms with E-state index in [0.717, 1.165) is 18.2 Å². The monoisotopic (exact) mass is 311 g/mol. The molecule has 6 heteroatoms. The molecule has 0 atom stereocenters. The summed E-state index contributed by atoms with van der Waals surface area (Å²) in [6.07, 6.45) is 3.81. The summed E-state index contributed by atoms with van der Waals surface area (Å²) in [5.41, 5.74) is 1.24. The van der Waals surface area contributed by atoms with Crippen molar-refractivity contribution in [2.45, 2.75) is 32.9 Å². The third-order valence-corrected chi connectivity index (χ3v) is 3.65. The summed E-state index contributed by atoms with van der Waals surface area (Å²) in [5.74, 6) is 1.93. The number of nitrogens with zero attached hydrogens (tertiary/aromatic N) is 5. The molecule has 0 unspecified atom stereocenters. The van der Waals surface area contributed by atoms with Gasteiger partial charge < -0.3 is 14.0 Å². The zero-order valence-corrected chi connectivity index (χ0v) is 13.7. The summed E-state index contributed by atoms with van der Waals surface area (Å²) in [7, 11) is 1.93. The van der Waals surface area contributed by atoms with E-state index in [1.54, 1.807) is 0 Å². The van der Waals surface area contributed by atoms with Crippen LogP contribution >= 0.6 is 0 Å². The van der Waals surface area contributed by atoms with Crippen molar-refractivity contribution in [3.63, 3.8) is 0 Å². The van der Waals surface area contributed by atoms with Crippen LogP contribution in [-0.2, 0) is 13.1 Å². The fraction of sp³-hybridized carbons (Fsp3) is 0.353. The zero-order valence-electron chi connectivity index (χ0n) is 13.7. The molecule has 3 aromatic rings. The molecule has 120 valence electrons. The minimum Gasteiger partial charge on any atom is -0.329 e. The predicted octanol–water partition coefficient (Wildman–Crippen LogP) is 3.07. The number of anilines is 1. The topological polar surface area (TPSA) is 60.0 Å². The molecule has 0 aliphatic rings. The molecule has 2 aromatic heterocycles. The molecule has 0 radical (unpaired) electrons. The second-order valence-electron chi connectivity index (χ2n) is 5.90. The third kappa shape index (κ3) is 3.59. The maximum Gasteiger partial charge on any atom is 0.324 e. The van der Waals surface area contributed by atoms with Crippen molar-refractivity contribution in [2.75, 3.05) is 11.9 Å². The first-order valence-corrected chi connectivity index (χ1v) is 7.72. The Labute approximate surface area is 135 Å². The van der Waals surface area contributed by atoms with Gasteiger partial charge in [0.25, 0.3) is 0 Å². The lowest BCUT2D eigenvalue weighted by Crippen LogP contribution is -2.20. The van der Waals surface area contributed by atoms with E-state index in [1.807, 2.05) is 56.4 Å². The average Bonchev–Trinajstić information content (AvgIpc) is 3.18. The van der Waals surface area contributed by atoms with Crippen LogP contribution in [0.1, 0.15) is 37.0 Å². The van der Waals surface area contributed by atoms with Crippen LogP contribution in [0, 0.1) is 0 Å². The molecule has 1 aromatic carbocycles. The van der Waals surface area contributed by atoms with Gasteiger partial charge in [0.15, 0.2) is 5.82 Å². The van der Waals surface area contributed by atoms with Gasteiger partial charge in [0.2, 0.25) is 0 Å². The lowest BCUT2D eigenvalue weighted by Gasteiger charge is -2.15. The van der Waals surface area contributed by atoms with Crippen LogP contribution < -0.4 is 4.90 Å². The van der Waals surface area contributed by atoms with Crippen molar-refractivity contribution in [2.24, 2.45) is 0 Å². The highest BCUT2D eigenvalue weighted by atomic mass is 16.5. The molecular formula is C17H21N5O. The third-order valence-electron chi connectivity index (χ3n) is 3.65. The van der Waals surface area contributed by atoms with Gasteiger partial charge in [-0.15, -0.1) is 0 Å². The smallest absolute Gasteiger partial charge is 0.324 e. The Bertz CT molecular complexity index is 747. The fourth-order valence-electron chi connectivity index (χ4n) is 2.31. The molecule has 0 saturated heterocycles. The van der Waals surface area contributed by atoms with E-state index < -0.39 is 0 Å². The van der Waals surface area contributed by atoms with Gasteiger partial charge in [0.05, 0.1) is 6.54 Å². The first kappa shape index (κ1) is 15.3. The highest BCUT2D eigenvalue weighted by Gasteiger charge is 2.15. The standard InChI is InChI=1S/C17H21N5O/c1-13(2)16-19-17(23-20-16)21(3)12-15-18-9-10-22(15)11-14-7-5-4-6-8-14/h4-10,13H,11-12H2,1-3H3. The first-order chi connectivity index (χ1) is 11.1. The Kier molecular flexibility index (Phi) is 4.41. The molecule has 23 heavy (non-hydrogen) atoms. The van der Waals surface area contributed by atoms with Crippen molar-refractivity contribution in [1.82, 2.24) is 19.7 Å². The zero-order chi connectivity index (χ0) is 16.2. The summed E-state index contributed by atoms with van der Waals surface area (Å²) in [6, 6.07) is 10.9. The van der Waals surface area contributed by atoms with E-state index >= 15 is 0 Å². The van der Waals surface area contributed by atoms with E-state index in [9.17, 15) is 0 Å². The fourth-order valence-corrected chi connectivity index (χ4v) is 2.31. The number of benzene rings is 1. The van der Waals surface area contributed by atoms with Gasteiger partial charge in [-0.2, -0.15) is 4.98 Å². The maximum atomic E-state index is 5.32. The second kappa shape index (κ2) is 6.64. The van der Waals surface area contributed by atoms with Crippen LogP contribution in [0.2, 0.25) is 0 Å². The lowest BCUT2D eigenvalue weighted by atomic mass is 10.2. The average molecular weight is 311 g/mol. The summed E-state index contributed by atoms with van der Waals surface area (Å²) >= 11 is 0. The summed E-state index contributed by atoms with van der Waals surface area (Å²) < 4.78 is 7.45. The van der Waals surface area contributed by atoms with E-state index in [1.165, 1.54) is 5.56 Å². The van der Waals surface area contributed by atoms with Gasteiger partial charge in [-0.3, -0.25) is 0 Å². The number of imidazole rings is 1. The van der Waals surface area contributed by atoms with Crippen molar-refractivity contribution in [1.29, 1.82) is 0 Å².